The van der Waals surface area contributed by atoms with Crippen molar-refractivity contribution in [3.63, 3.8) is 0 Å². The van der Waals surface area contributed by atoms with E-state index in [1.54, 1.807) is 42.5 Å². The summed E-state index contributed by atoms with van der Waals surface area (Å²) in [6, 6.07) is 23.0. The Labute approximate surface area is 249 Å². The summed E-state index contributed by atoms with van der Waals surface area (Å²) < 4.78 is 63.6. The predicted octanol–water partition coefficient (Wildman–Crippen LogP) is 5.26. The second-order valence-electron chi connectivity index (χ2n) is 8.82. The number of hydrogen-bond donors (Lipinski definition) is 2. The van der Waals surface area contributed by atoms with Gasteiger partial charge in [-0.05, 0) is 85.3 Å². The summed E-state index contributed by atoms with van der Waals surface area (Å²) in [5.74, 6) is 0.910. The molecule has 0 heterocycles. The van der Waals surface area contributed by atoms with Crippen molar-refractivity contribution in [1.82, 2.24) is 5.43 Å². The summed E-state index contributed by atoms with van der Waals surface area (Å²) in [6.45, 7) is 2.70. The van der Waals surface area contributed by atoms with Gasteiger partial charge in [0.05, 0.1) is 30.5 Å². The average Bonchev–Trinajstić information content (AvgIpc) is 3.01. The summed E-state index contributed by atoms with van der Waals surface area (Å²) >= 11 is 0. The second-order valence-corrected chi connectivity index (χ2v) is 10.5. The summed E-state index contributed by atoms with van der Waals surface area (Å²) in [5, 5.41) is 4.00. The van der Waals surface area contributed by atoms with E-state index in [2.05, 4.69) is 15.2 Å². The first-order chi connectivity index (χ1) is 20.8. The van der Waals surface area contributed by atoms with Crippen LogP contribution in [-0.2, 0) is 10.0 Å². The number of benzene rings is 4. The van der Waals surface area contributed by atoms with Crippen LogP contribution < -0.4 is 29.1 Å². The smallest absolute Gasteiger partial charge is 0.271 e. The lowest BCUT2D eigenvalue weighted by Gasteiger charge is -2.13. The third-order valence-electron chi connectivity index (χ3n) is 5.83. The summed E-state index contributed by atoms with van der Waals surface area (Å²) in [7, 11) is -2.56. The Kier molecular flexibility index (Phi) is 10.5. The van der Waals surface area contributed by atoms with E-state index in [-0.39, 0.29) is 35.2 Å². The third-order valence-corrected chi connectivity index (χ3v) is 7.19. The molecule has 0 fully saturated rings. The molecule has 1 amide bonds. The van der Waals surface area contributed by atoms with Gasteiger partial charge in [-0.1, -0.05) is 18.2 Å². The minimum Gasteiger partial charge on any atom is -0.495 e. The Morgan fingerprint density at radius 1 is 0.860 bits per heavy atom. The van der Waals surface area contributed by atoms with Gasteiger partial charge in [-0.15, -0.1) is 0 Å². The number of carbonyl (C=O) groups excluding carboxylic acids is 1. The number of carbonyl (C=O) groups is 1. The summed E-state index contributed by atoms with van der Waals surface area (Å²) in [4.78, 5) is 12.6. The number of nitrogens with zero attached hydrogens (tertiary/aromatic N) is 1. The Balaban J connectivity index is 1.36. The van der Waals surface area contributed by atoms with E-state index < -0.39 is 15.9 Å². The fourth-order valence-corrected chi connectivity index (χ4v) is 4.92. The molecule has 0 spiro atoms. The molecule has 0 radical (unpaired) electrons. The van der Waals surface area contributed by atoms with Gasteiger partial charge in [-0.3, -0.25) is 9.52 Å². The van der Waals surface area contributed by atoms with Crippen molar-refractivity contribution in [3.8, 4) is 23.0 Å². The monoisotopic (exact) mass is 607 g/mol. The average molecular weight is 608 g/mol. The fraction of sp³-hybridized carbons (Fsp3) is 0.161. The molecule has 0 atom stereocenters. The van der Waals surface area contributed by atoms with Crippen molar-refractivity contribution in [2.24, 2.45) is 5.10 Å². The molecule has 0 saturated carbocycles. The molecule has 0 aliphatic carbocycles. The molecular formula is C31H30FN3O7S. The number of ether oxygens (including phenoxy) is 4. The maximum Gasteiger partial charge on any atom is 0.271 e. The topological polar surface area (TPSA) is 125 Å². The van der Waals surface area contributed by atoms with Crippen LogP contribution in [0.4, 0.5) is 10.1 Å². The minimum atomic E-state index is -4.00. The van der Waals surface area contributed by atoms with E-state index in [4.69, 9.17) is 18.9 Å². The lowest BCUT2D eigenvalue weighted by molar-refractivity contribution is 0.0955. The fourth-order valence-electron chi connectivity index (χ4n) is 3.80. The van der Waals surface area contributed by atoms with Crippen molar-refractivity contribution >= 4 is 27.8 Å². The van der Waals surface area contributed by atoms with Gasteiger partial charge in [-0.25, -0.2) is 18.2 Å². The number of amides is 1. The molecule has 4 aromatic carbocycles. The van der Waals surface area contributed by atoms with Gasteiger partial charge >= 0.3 is 0 Å². The lowest BCUT2D eigenvalue weighted by atomic mass is 10.2. The van der Waals surface area contributed by atoms with Crippen LogP contribution in [0.25, 0.3) is 0 Å². The number of sulfonamides is 1. The number of rotatable bonds is 14. The maximum atomic E-state index is 13.0. The molecule has 0 unspecified atom stereocenters. The normalized spacial score (nSPS) is 11.1. The number of nitrogens with one attached hydrogen (secondary N) is 2. The van der Waals surface area contributed by atoms with Gasteiger partial charge in [0.2, 0.25) is 0 Å². The molecule has 0 aromatic heterocycles. The van der Waals surface area contributed by atoms with Crippen molar-refractivity contribution in [3.05, 3.63) is 108 Å². The predicted molar refractivity (Wildman–Crippen MR) is 160 cm³/mol. The molecule has 0 saturated heterocycles. The molecule has 0 bridgehead atoms. The molecule has 2 N–H and O–H groups in total. The highest BCUT2D eigenvalue weighted by Crippen LogP contribution is 2.28. The van der Waals surface area contributed by atoms with E-state index in [1.165, 1.54) is 61.9 Å². The first-order valence-electron chi connectivity index (χ1n) is 13.2. The largest absolute Gasteiger partial charge is 0.495 e. The first kappa shape index (κ1) is 30.8. The molecule has 4 rings (SSSR count). The number of anilines is 1. The first-order valence-corrected chi connectivity index (χ1v) is 14.6. The Morgan fingerprint density at radius 2 is 1.63 bits per heavy atom. The quantitative estimate of drug-likeness (QED) is 0.114. The highest BCUT2D eigenvalue weighted by molar-refractivity contribution is 7.92. The molecular weight excluding hydrogens is 577 g/mol. The standard InChI is InChI=1S/C31H30FN3O7S/c1-3-40-30-19-22(11-16-29(30)42-18-17-41-25-14-12-24(32)13-15-25)21-33-34-31(36)23-7-6-8-26(20-23)43(37,38)35-27-9-4-5-10-28(27)39-2/h4-16,19-21,35H,3,17-18H2,1-2H3,(H,34,36)/b33-21+. The van der Waals surface area contributed by atoms with E-state index >= 15 is 0 Å². The Bertz CT molecular complexity index is 1680. The van der Waals surface area contributed by atoms with Crippen molar-refractivity contribution in [2.75, 3.05) is 31.7 Å². The molecule has 0 aliphatic rings. The Hall–Kier alpha value is -5.10. The van der Waals surface area contributed by atoms with Crippen molar-refractivity contribution in [2.45, 2.75) is 11.8 Å². The zero-order valence-corrected chi connectivity index (χ0v) is 24.3. The molecule has 10 nitrogen and oxygen atoms in total. The molecule has 4 aromatic rings. The zero-order chi connectivity index (χ0) is 30.7. The zero-order valence-electron chi connectivity index (χ0n) is 23.5. The molecule has 0 aliphatic heterocycles. The number of hydrogen-bond acceptors (Lipinski definition) is 8. The van der Waals surface area contributed by atoms with Crippen LogP contribution in [0.1, 0.15) is 22.8 Å². The SMILES string of the molecule is CCOc1cc(/C=N/NC(=O)c2cccc(S(=O)(=O)Nc3ccccc3OC)c2)ccc1OCCOc1ccc(F)cc1. The van der Waals surface area contributed by atoms with Crippen LogP contribution in [0.5, 0.6) is 23.0 Å². The number of hydrazone groups is 1. The van der Waals surface area contributed by atoms with Crippen LogP contribution in [-0.4, -0.2) is 47.5 Å². The van der Waals surface area contributed by atoms with Gasteiger partial charge in [0, 0.05) is 5.56 Å². The second kappa shape index (κ2) is 14.7. The van der Waals surface area contributed by atoms with E-state index in [0.29, 0.717) is 35.2 Å². The molecule has 12 heteroatoms. The van der Waals surface area contributed by atoms with Gasteiger partial charge in [0.1, 0.15) is 30.5 Å². The Morgan fingerprint density at radius 3 is 2.40 bits per heavy atom. The molecule has 43 heavy (non-hydrogen) atoms. The van der Waals surface area contributed by atoms with E-state index in [9.17, 15) is 17.6 Å². The number of para-hydroxylation sites is 2. The van der Waals surface area contributed by atoms with Crippen molar-refractivity contribution < 1.29 is 36.6 Å². The summed E-state index contributed by atoms with van der Waals surface area (Å²) in [5.41, 5.74) is 3.39. The van der Waals surface area contributed by atoms with Crippen LogP contribution >= 0.6 is 0 Å². The maximum absolute atomic E-state index is 13.0. The number of methoxy groups -OCH3 is 1. The van der Waals surface area contributed by atoms with Crippen LogP contribution in [0.2, 0.25) is 0 Å². The van der Waals surface area contributed by atoms with E-state index in [1.807, 2.05) is 6.92 Å². The van der Waals surface area contributed by atoms with Crippen LogP contribution in [0, 0.1) is 5.82 Å². The highest BCUT2D eigenvalue weighted by atomic mass is 32.2. The number of halogens is 1. The lowest BCUT2D eigenvalue weighted by Crippen LogP contribution is -2.19. The molecule has 224 valence electrons. The van der Waals surface area contributed by atoms with Crippen LogP contribution in [0.15, 0.2) is 101 Å². The van der Waals surface area contributed by atoms with Gasteiger partial charge in [-0.2, -0.15) is 5.10 Å². The summed E-state index contributed by atoms with van der Waals surface area (Å²) in [6.07, 6.45) is 1.42. The third kappa shape index (κ3) is 8.69. The van der Waals surface area contributed by atoms with Crippen LogP contribution in [0.3, 0.4) is 0 Å². The van der Waals surface area contributed by atoms with Gasteiger partial charge < -0.3 is 18.9 Å². The van der Waals surface area contributed by atoms with Crippen molar-refractivity contribution in [1.29, 1.82) is 0 Å². The highest BCUT2D eigenvalue weighted by Gasteiger charge is 2.18. The van der Waals surface area contributed by atoms with E-state index in [0.717, 1.165) is 0 Å². The minimum absolute atomic E-state index is 0.0988. The van der Waals surface area contributed by atoms with Gasteiger partial charge in [0.25, 0.3) is 15.9 Å². The van der Waals surface area contributed by atoms with Gasteiger partial charge in [0.15, 0.2) is 11.5 Å².